The Balaban J connectivity index is 2.64. The van der Waals surface area contributed by atoms with Crippen molar-refractivity contribution in [3.05, 3.63) is 17.3 Å². The Morgan fingerprint density at radius 3 is 3.15 bits per heavy atom. The lowest BCUT2D eigenvalue weighted by atomic mass is 10.4. The van der Waals surface area contributed by atoms with Gasteiger partial charge in [0.2, 0.25) is 0 Å². The molecule has 2 N–H and O–H groups in total. The molecule has 0 amide bonds. The first-order chi connectivity index (χ1) is 6.35. The minimum absolute atomic E-state index is 0.451. The van der Waals surface area contributed by atoms with E-state index < -0.39 is 0 Å². The fourth-order valence-corrected chi connectivity index (χ4v) is 2.71. The van der Waals surface area contributed by atoms with Crippen LogP contribution in [-0.4, -0.2) is 16.2 Å². The van der Waals surface area contributed by atoms with Crippen LogP contribution in [0.4, 0.5) is 0 Å². The van der Waals surface area contributed by atoms with Crippen LogP contribution in [0.25, 0.3) is 10.3 Å². The molecule has 0 atom stereocenters. The molecule has 0 saturated carbocycles. The average Bonchev–Trinajstić information content (AvgIpc) is 2.59. The second-order valence-corrected chi connectivity index (χ2v) is 4.23. The third kappa shape index (κ3) is 1.54. The minimum atomic E-state index is 0.451. The highest BCUT2D eigenvalue weighted by Crippen LogP contribution is 2.29. The Hall–Kier alpha value is -0.650. The fourth-order valence-electron chi connectivity index (χ4n) is 1.07. The molecular formula is C8H9N3S2. The highest BCUT2D eigenvalue weighted by atomic mass is 32.2. The summed E-state index contributed by atoms with van der Waals surface area (Å²) in [7, 11) is 0. The van der Waals surface area contributed by atoms with Crippen molar-refractivity contribution in [2.75, 3.05) is 6.26 Å². The molecule has 0 aliphatic carbocycles. The van der Waals surface area contributed by atoms with Gasteiger partial charge in [-0.3, -0.25) is 0 Å². The van der Waals surface area contributed by atoms with Crippen LogP contribution < -0.4 is 5.73 Å². The molecule has 0 fully saturated rings. The second kappa shape index (κ2) is 3.61. The molecule has 2 aromatic heterocycles. The molecule has 2 rings (SSSR count). The number of thioether (sulfide) groups is 1. The van der Waals surface area contributed by atoms with E-state index in [0.29, 0.717) is 6.54 Å². The molecule has 2 aromatic rings. The van der Waals surface area contributed by atoms with Crippen molar-refractivity contribution < 1.29 is 0 Å². The monoisotopic (exact) mass is 211 g/mol. The molecule has 3 nitrogen and oxygen atoms in total. The largest absolute Gasteiger partial charge is 0.325 e. The van der Waals surface area contributed by atoms with E-state index in [1.807, 2.05) is 6.26 Å². The predicted molar refractivity (Wildman–Crippen MR) is 57.1 cm³/mol. The average molecular weight is 211 g/mol. The molecule has 0 aliphatic heterocycles. The molecule has 0 unspecified atom stereocenters. The molecule has 2 heterocycles. The van der Waals surface area contributed by atoms with Crippen LogP contribution in [0.2, 0.25) is 0 Å². The zero-order valence-corrected chi connectivity index (χ0v) is 8.78. The highest BCUT2D eigenvalue weighted by molar-refractivity contribution is 7.99. The summed E-state index contributed by atoms with van der Waals surface area (Å²) in [6.07, 6.45) is 3.78. The van der Waals surface area contributed by atoms with Crippen LogP contribution in [0.1, 0.15) is 5.69 Å². The van der Waals surface area contributed by atoms with Crippen molar-refractivity contribution in [2.45, 2.75) is 11.4 Å². The van der Waals surface area contributed by atoms with E-state index in [4.69, 9.17) is 5.73 Å². The first-order valence-corrected chi connectivity index (χ1v) is 5.92. The van der Waals surface area contributed by atoms with Gasteiger partial charge in [0.25, 0.3) is 0 Å². The number of rotatable bonds is 2. The first kappa shape index (κ1) is 8.93. The summed E-state index contributed by atoms with van der Waals surface area (Å²) < 4.78 is 0. The van der Waals surface area contributed by atoms with E-state index in [9.17, 15) is 0 Å². The Kier molecular flexibility index (Phi) is 2.48. The molecule has 0 aromatic carbocycles. The van der Waals surface area contributed by atoms with Gasteiger partial charge in [-0.05, 0) is 6.26 Å². The fraction of sp³-hybridized carbons (Fsp3) is 0.250. The minimum Gasteiger partial charge on any atom is -0.325 e. The number of hydrogen-bond donors (Lipinski definition) is 1. The zero-order valence-electron chi connectivity index (χ0n) is 7.15. The quantitative estimate of drug-likeness (QED) is 0.770. The van der Waals surface area contributed by atoms with Gasteiger partial charge in [0.05, 0.1) is 11.9 Å². The molecule has 0 bridgehead atoms. The van der Waals surface area contributed by atoms with E-state index in [0.717, 1.165) is 16.0 Å². The highest BCUT2D eigenvalue weighted by Gasteiger charge is 2.05. The topological polar surface area (TPSA) is 51.8 Å². The van der Waals surface area contributed by atoms with E-state index in [1.165, 1.54) is 4.90 Å². The molecule has 0 saturated heterocycles. The summed E-state index contributed by atoms with van der Waals surface area (Å²) in [6, 6.07) is 0. The van der Waals surface area contributed by atoms with Crippen LogP contribution >= 0.6 is 23.1 Å². The van der Waals surface area contributed by atoms with Crippen molar-refractivity contribution in [1.82, 2.24) is 9.97 Å². The van der Waals surface area contributed by atoms with Crippen molar-refractivity contribution >= 4 is 33.4 Å². The SMILES string of the molecule is CSc1csc2ncc(CN)nc12. The van der Waals surface area contributed by atoms with E-state index in [-0.39, 0.29) is 0 Å². The normalized spacial score (nSPS) is 10.9. The summed E-state index contributed by atoms with van der Waals surface area (Å²) in [5.41, 5.74) is 7.33. The molecule has 68 valence electrons. The molecule has 13 heavy (non-hydrogen) atoms. The Morgan fingerprint density at radius 1 is 1.62 bits per heavy atom. The van der Waals surface area contributed by atoms with E-state index in [2.05, 4.69) is 15.3 Å². The lowest BCUT2D eigenvalue weighted by Gasteiger charge is -1.96. The predicted octanol–water partition coefficient (Wildman–Crippen LogP) is 1.87. The van der Waals surface area contributed by atoms with Gasteiger partial charge in [0.15, 0.2) is 0 Å². The van der Waals surface area contributed by atoms with E-state index >= 15 is 0 Å². The molecule has 0 radical (unpaired) electrons. The van der Waals surface area contributed by atoms with Gasteiger partial charge in [0, 0.05) is 16.8 Å². The van der Waals surface area contributed by atoms with Crippen molar-refractivity contribution in [3.8, 4) is 0 Å². The van der Waals surface area contributed by atoms with Crippen LogP contribution in [0.3, 0.4) is 0 Å². The Labute approximate surface area is 84.4 Å². The third-order valence-corrected chi connectivity index (χ3v) is 3.50. The summed E-state index contributed by atoms with van der Waals surface area (Å²) in [4.78, 5) is 10.9. The maximum atomic E-state index is 5.50. The van der Waals surface area contributed by atoms with Gasteiger partial charge in [-0.25, -0.2) is 9.97 Å². The van der Waals surface area contributed by atoms with E-state index in [1.54, 1.807) is 29.3 Å². The number of aromatic nitrogens is 2. The molecular weight excluding hydrogens is 202 g/mol. The maximum Gasteiger partial charge on any atom is 0.143 e. The summed E-state index contributed by atoms with van der Waals surface area (Å²) in [5, 5.41) is 2.08. The number of hydrogen-bond acceptors (Lipinski definition) is 5. The van der Waals surface area contributed by atoms with Gasteiger partial charge in [0.1, 0.15) is 10.3 Å². The second-order valence-electron chi connectivity index (χ2n) is 2.52. The number of fused-ring (bicyclic) bond motifs is 1. The van der Waals surface area contributed by atoms with Gasteiger partial charge in [-0.15, -0.1) is 23.1 Å². The number of nitrogens with zero attached hydrogens (tertiary/aromatic N) is 2. The summed E-state index contributed by atoms with van der Waals surface area (Å²) in [6.45, 7) is 0.451. The van der Waals surface area contributed by atoms with Crippen LogP contribution in [-0.2, 0) is 6.54 Å². The maximum absolute atomic E-state index is 5.50. The van der Waals surface area contributed by atoms with Crippen LogP contribution in [0.15, 0.2) is 16.5 Å². The smallest absolute Gasteiger partial charge is 0.143 e. The van der Waals surface area contributed by atoms with Crippen LogP contribution in [0, 0.1) is 0 Å². The molecule has 0 aliphatic rings. The zero-order chi connectivity index (χ0) is 9.26. The Bertz CT molecular complexity index is 424. The summed E-state index contributed by atoms with van der Waals surface area (Å²) in [5.74, 6) is 0. The lowest BCUT2D eigenvalue weighted by molar-refractivity contribution is 0.986. The number of thiophene rings is 1. The Morgan fingerprint density at radius 2 is 2.46 bits per heavy atom. The van der Waals surface area contributed by atoms with Crippen LogP contribution in [0.5, 0.6) is 0 Å². The number of nitrogens with two attached hydrogens (primary N) is 1. The van der Waals surface area contributed by atoms with Gasteiger partial charge in [-0.1, -0.05) is 0 Å². The molecule has 0 spiro atoms. The van der Waals surface area contributed by atoms with Crippen molar-refractivity contribution in [3.63, 3.8) is 0 Å². The van der Waals surface area contributed by atoms with Gasteiger partial charge >= 0.3 is 0 Å². The molecule has 5 heteroatoms. The standard InChI is InChI=1S/C8H9N3S2/c1-12-6-4-13-8-7(6)11-5(2-9)3-10-8/h3-4H,2,9H2,1H3. The van der Waals surface area contributed by atoms with Gasteiger partial charge < -0.3 is 5.73 Å². The summed E-state index contributed by atoms with van der Waals surface area (Å²) >= 11 is 3.31. The lowest BCUT2D eigenvalue weighted by Crippen LogP contribution is -1.99. The van der Waals surface area contributed by atoms with Gasteiger partial charge in [-0.2, -0.15) is 0 Å². The third-order valence-electron chi connectivity index (χ3n) is 1.73. The first-order valence-electron chi connectivity index (χ1n) is 3.82. The van der Waals surface area contributed by atoms with Crippen molar-refractivity contribution in [1.29, 1.82) is 0 Å². The van der Waals surface area contributed by atoms with Crippen molar-refractivity contribution in [2.24, 2.45) is 5.73 Å².